The van der Waals surface area contributed by atoms with Crippen LogP contribution in [0.15, 0.2) is 36.4 Å². The number of aromatic carboxylic acids is 1. The number of carbonyl (C=O) groups is 1. The number of hydrogen-bond acceptors (Lipinski definition) is 3. The van der Waals surface area contributed by atoms with Crippen molar-refractivity contribution >= 4 is 5.97 Å². The smallest absolute Gasteiger partial charge is 0.417 e. The van der Waals surface area contributed by atoms with Gasteiger partial charge in [-0.1, -0.05) is 0 Å². The van der Waals surface area contributed by atoms with Gasteiger partial charge >= 0.3 is 12.1 Å². The van der Waals surface area contributed by atoms with Crippen molar-refractivity contribution in [3.63, 3.8) is 0 Å². The molecule has 0 aliphatic rings. The molecule has 0 spiro atoms. The zero-order valence-electron chi connectivity index (χ0n) is 11.2. The number of alkyl halides is 3. The van der Waals surface area contributed by atoms with E-state index in [0.717, 1.165) is 24.3 Å². The Morgan fingerprint density at radius 2 is 1.87 bits per heavy atom. The maximum Gasteiger partial charge on any atom is 0.417 e. The summed E-state index contributed by atoms with van der Waals surface area (Å²) in [6.07, 6.45) is -4.77. The van der Waals surface area contributed by atoms with E-state index in [1.165, 1.54) is 6.07 Å². The van der Waals surface area contributed by atoms with Crippen LogP contribution in [0.4, 0.5) is 17.6 Å². The molecule has 0 bridgehead atoms. The highest BCUT2D eigenvalue weighted by Crippen LogP contribution is 2.35. The molecule has 2 aromatic carbocycles. The first-order chi connectivity index (χ1) is 10.7. The van der Waals surface area contributed by atoms with Crippen molar-refractivity contribution in [3.8, 4) is 17.6 Å². The van der Waals surface area contributed by atoms with Crippen LogP contribution < -0.4 is 4.74 Å². The quantitative estimate of drug-likeness (QED) is 0.858. The number of rotatable bonds is 3. The summed E-state index contributed by atoms with van der Waals surface area (Å²) in [5.74, 6) is -3.16. The van der Waals surface area contributed by atoms with Crippen molar-refractivity contribution in [2.45, 2.75) is 6.18 Å². The third kappa shape index (κ3) is 3.58. The first-order valence-electron chi connectivity index (χ1n) is 6.04. The van der Waals surface area contributed by atoms with Gasteiger partial charge < -0.3 is 9.84 Å². The minimum absolute atomic E-state index is 0.328. The van der Waals surface area contributed by atoms with Crippen molar-refractivity contribution < 1.29 is 32.2 Å². The largest absolute Gasteiger partial charge is 0.478 e. The molecular weight excluding hydrogens is 318 g/mol. The molecule has 0 saturated heterocycles. The highest BCUT2D eigenvalue weighted by molar-refractivity contribution is 5.87. The second-order valence-electron chi connectivity index (χ2n) is 4.37. The third-order valence-electron chi connectivity index (χ3n) is 2.82. The zero-order valence-corrected chi connectivity index (χ0v) is 11.2. The second kappa shape index (κ2) is 5.96. The lowest BCUT2D eigenvalue weighted by atomic mass is 10.1. The van der Waals surface area contributed by atoms with Crippen LogP contribution in [0.5, 0.6) is 11.5 Å². The van der Waals surface area contributed by atoms with E-state index in [-0.39, 0.29) is 11.3 Å². The standard InChI is InChI=1S/C15H7F4NO3/c16-12-5-8(14(21)22)2-4-13(12)23-10-3-1-9(7-20)11(6-10)15(17,18)19/h1-6H,(H,21,22). The molecule has 2 aromatic rings. The van der Waals surface area contributed by atoms with Crippen molar-refractivity contribution in [1.82, 2.24) is 0 Å². The average Bonchev–Trinajstić information content (AvgIpc) is 2.48. The van der Waals surface area contributed by atoms with Crippen LogP contribution in [-0.2, 0) is 6.18 Å². The normalized spacial score (nSPS) is 10.9. The van der Waals surface area contributed by atoms with Gasteiger partial charge in [0, 0.05) is 0 Å². The Morgan fingerprint density at radius 3 is 2.39 bits per heavy atom. The van der Waals surface area contributed by atoms with Crippen molar-refractivity contribution in [1.29, 1.82) is 5.26 Å². The van der Waals surface area contributed by atoms with Crippen LogP contribution in [-0.4, -0.2) is 11.1 Å². The van der Waals surface area contributed by atoms with E-state index in [0.29, 0.717) is 12.1 Å². The lowest BCUT2D eigenvalue weighted by molar-refractivity contribution is -0.137. The summed E-state index contributed by atoms with van der Waals surface area (Å²) in [6, 6.07) is 6.70. The predicted octanol–water partition coefficient (Wildman–Crippen LogP) is 4.21. The Bertz CT molecular complexity index is 809. The van der Waals surface area contributed by atoms with Gasteiger partial charge in [0.15, 0.2) is 11.6 Å². The molecule has 0 aliphatic heterocycles. The van der Waals surface area contributed by atoms with Crippen LogP contribution in [0.2, 0.25) is 0 Å². The molecule has 0 atom stereocenters. The second-order valence-corrected chi connectivity index (χ2v) is 4.37. The minimum atomic E-state index is -4.77. The van der Waals surface area contributed by atoms with Crippen molar-refractivity contribution in [3.05, 3.63) is 58.9 Å². The highest BCUT2D eigenvalue weighted by atomic mass is 19.4. The average molecular weight is 325 g/mol. The van der Waals surface area contributed by atoms with Gasteiger partial charge in [0.1, 0.15) is 5.75 Å². The molecular formula is C15H7F4NO3. The molecule has 2 rings (SSSR count). The lowest BCUT2D eigenvalue weighted by Gasteiger charge is -2.12. The number of carboxylic acids is 1. The summed E-state index contributed by atoms with van der Waals surface area (Å²) in [4.78, 5) is 10.7. The Balaban J connectivity index is 2.38. The van der Waals surface area contributed by atoms with E-state index in [1.807, 2.05) is 0 Å². The van der Waals surface area contributed by atoms with Gasteiger partial charge in [-0.05, 0) is 36.4 Å². The predicted molar refractivity (Wildman–Crippen MR) is 69.6 cm³/mol. The maximum atomic E-state index is 13.7. The summed E-state index contributed by atoms with van der Waals surface area (Å²) in [5.41, 5.74) is -2.13. The highest BCUT2D eigenvalue weighted by Gasteiger charge is 2.34. The summed E-state index contributed by atoms with van der Waals surface area (Å²) in [6.45, 7) is 0. The molecule has 0 radical (unpaired) electrons. The zero-order chi connectivity index (χ0) is 17.2. The fourth-order valence-corrected chi connectivity index (χ4v) is 1.76. The van der Waals surface area contributed by atoms with Crippen LogP contribution in [0, 0.1) is 17.1 Å². The first-order valence-corrected chi connectivity index (χ1v) is 6.04. The topological polar surface area (TPSA) is 70.3 Å². The summed E-state index contributed by atoms with van der Waals surface area (Å²) >= 11 is 0. The molecule has 0 amide bonds. The van der Waals surface area contributed by atoms with Crippen LogP contribution in [0.3, 0.4) is 0 Å². The summed E-state index contributed by atoms with van der Waals surface area (Å²) in [7, 11) is 0. The molecule has 4 nitrogen and oxygen atoms in total. The number of benzene rings is 2. The number of nitriles is 1. The lowest BCUT2D eigenvalue weighted by Crippen LogP contribution is -2.08. The van der Waals surface area contributed by atoms with Gasteiger partial charge in [-0.3, -0.25) is 0 Å². The summed E-state index contributed by atoms with van der Waals surface area (Å²) < 4.78 is 57.2. The van der Waals surface area contributed by atoms with Crippen LogP contribution in [0.25, 0.3) is 0 Å². The Morgan fingerprint density at radius 1 is 1.17 bits per heavy atom. The molecule has 0 heterocycles. The monoisotopic (exact) mass is 325 g/mol. The molecule has 23 heavy (non-hydrogen) atoms. The fraction of sp³-hybridized carbons (Fsp3) is 0.0667. The molecule has 0 aromatic heterocycles. The third-order valence-corrected chi connectivity index (χ3v) is 2.82. The van der Waals surface area contributed by atoms with Gasteiger partial charge in [-0.2, -0.15) is 18.4 Å². The van der Waals surface area contributed by atoms with Crippen molar-refractivity contribution in [2.24, 2.45) is 0 Å². The molecule has 8 heteroatoms. The number of carboxylic acid groups (broad SMARTS) is 1. The van der Waals surface area contributed by atoms with E-state index >= 15 is 0 Å². The van der Waals surface area contributed by atoms with Crippen LogP contribution in [0.1, 0.15) is 21.5 Å². The fourth-order valence-electron chi connectivity index (χ4n) is 1.76. The number of halogens is 4. The number of nitrogens with zero attached hydrogens (tertiary/aromatic N) is 1. The molecule has 118 valence electrons. The van der Waals surface area contributed by atoms with Gasteiger partial charge in [-0.25, -0.2) is 9.18 Å². The van der Waals surface area contributed by atoms with E-state index < -0.39 is 34.8 Å². The Labute approximate surface area is 127 Å². The van der Waals surface area contributed by atoms with Gasteiger partial charge in [0.05, 0.1) is 22.8 Å². The Hall–Kier alpha value is -3.08. The number of hydrogen-bond donors (Lipinski definition) is 1. The van der Waals surface area contributed by atoms with E-state index in [4.69, 9.17) is 15.1 Å². The van der Waals surface area contributed by atoms with Gasteiger partial charge in [0.2, 0.25) is 0 Å². The van der Waals surface area contributed by atoms with Crippen LogP contribution >= 0.6 is 0 Å². The molecule has 0 saturated carbocycles. The van der Waals surface area contributed by atoms with E-state index in [2.05, 4.69) is 0 Å². The minimum Gasteiger partial charge on any atom is -0.478 e. The summed E-state index contributed by atoms with van der Waals surface area (Å²) in [5, 5.41) is 17.4. The molecule has 1 N–H and O–H groups in total. The Kier molecular flexibility index (Phi) is 4.22. The van der Waals surface area contributed by atoms with Gasteiger partial charge in [-0.15, -0.1) is 0 Å². The molecule has 0 aliphatic carbocycles. The molecule has 0 unspecified atom stereocenters. The SMILES string of the molecule is N#Cc1ccc(Oc2ccc(C(=O)O)cc2F)cc1C(F)(F)F. The first kappa shape index (κ1) is 16.3. The van der Waals surface area contributed by atoms with Gasteiger partial charge in [0.25, 0.3) is 0 Å². The maximum absolute atomic E-state index is 13.7. The van der Waals surface area contributed by atoms with E-state index in [1.54, 1.807) is 0 Å². The number of ether oxygens (including phenoxy) is 1. The molecule has 0 fully saturated rings. The van der Waals surface area contributed by atoms with E-state index in [9.17, 15) is 22.4 Å². The van der Waals surface area contributed by atoms with Crippen molar-refractivity contribution in [2.75, 3.05) is 0 Å².